The second-order valence-corrected chi connectivity index (χ2v) is 6.73. The molecule has 0 aliphatic heterocycles. The van der Waals surface area contributed by atoms with Gasteiger partial charge in [-0.25, -0.2) is 9.67 Å². The highest BCUT2D eigenvalue weighted by Crippen LogP contribution is 2.32. The monoisotopic (exact) mass is 367 g/mol. The van der Waals surface area contributed by atoms with Crippen LogP contribution in [-0.4, -0.2) is 14.8 Å². The van der Waals surface area contributed by atoms with Crippen LogP contribution in [0.1, 0.15) is 38.6 Å². The molecule has 1 aromatic heterocycles. The molecule has 0 radical (unpaired) electrons. The van der Waals surface area contributed by atoms with E-state index in [1.165, 1.54) is 29.3 Å². The van der Waals surface area contributed by atoms with Gasteiger partial charge in [-0.3, -0.25) is 0 Å². The summed E-state index contributed by atoms with van der Waals surface area (Å²) in [6.07, 6.45) is 7.03. The lowest BCUT2D eigenvalue weighted by atomic mass is 9.87. The van der Waals surface area contributed by atoms with Crippen LogP contribution in [-0.2, 0) is 0 Å². The lowest BCUT2D eigenvalue weighted by Crippen LogP contribution is -2.18. The number of hydrogen-bond donors (Lipinski definition) is 0. The highest BCUT2D eigenvalue weighted by Gasteiger charge is 2.21. The van der Waals surface area contributed by atoms with Crippen LogP contribution in [0.15, 0.2) is 30.6 Å². The van der Waals surface area contributed by atoms with Crippen molar-refractivity contribution in [1.82, 2.24) is 14.8 Å². The first-order valence-electron chi connectivity index (χ1n) is 6.89. The summed E-state index contributed by atoms with van der Waals surface area (Å²) < 4.78 is 3.29. The largest absolute Gasteiger partial charge is 0.249 e. The van der Waals surface area contributed by atoms with Gasteiger partial charge < -0.3 is 0 Å². The molecule has 1 saturated carbocycles. The van der Waals surface area contributed by atoms with Crippen LogP contribution in [0.3, 0.4) is 0 Å². The molecular weight excluding hydrogens is 349 g/mol. The Balaban J connectivity index is 1.83. The van der Waals surface area contributed by atoms with Gasteiger partial charge in [0.1, 0.15) is 6.33 Å². The minimum Gasteiger partial charge on any atom is -0.249 e. The predicted molar refractivity (Wildman–Crippen MR) is 84.8 cm³/mol. The fourth-order valence-corrected chi connectivity index (χ4v) is 3.40. The normalized spacial score (nSPS) is 23.5. The predicted octanol–water partition coefficient (Wildman–Crippen LogP) is 4.30. The maximum absolute atomic E-state index is 4.68. The van der Waals surface area contributed by atoms with E-state index < -0.39 is 0 Å². The highest BCUT2D eigenvalue weighted by molar-refractivity contribution is 14.1. The Morgan fingerprint density at radius 1 is 1.32 bits per heavy atom. The quantitative estimate of drug-likeness (QED) is 0.741. The van der Waals surface area contributed by atoms with E-state index in [9.17, 15) is 0 Å². The zero-order valence-electron chi connectivity index (χ0n) is 11.1. The van der Waals surface area contributed by atoms with Crippen LogP contribution in [0, 0.1) is 9.49 Å². The molecule has 100 valence electrons. The Morgan fingerprint density at radius 2 is 2.21 bits per heavy atom. The molecule has 3 rings (SSSR count). The average molecular weight is 367 g/mol. The van der Waals surface area contributed by atoms with Gasteiger partial charge in [-0.05, 0) is 53.5 Å². The summed E-state index contributed by atoms with van der Waals surface area (Å²) in [4.78, 5) is 4.48. The molecule has 4 heteroatoms. The third-order valence-electron chi connectivity index (χ3n) is 3.87. The fraction of sp³-hybridized carbons (Fsp3) is 0.467. The van der Waals surface area contributed by atoms with Crippen molar-refractivity contribution in [3.63, 3.8) is 0 Å². The summed E-state index contributed by atoms with van der Waals surface area (Å²) in [7, 11) is 0. The highest BCUT2D eigenvalue weighted by atomic mass is 127. The third kappa shape index (κ3) is 2.99. The molecule has 0 spiro atoms. The van der Waals surface area contributed by atoms with E-state index in [1.807, 2.05) is 6.33 Å². The molecule has 0 saturated heterocycles. The number of halogens is 1. The smallest absolute Gasteiger partial charge is 0.181 e. The zero-order chi connectivity index (χ0) is 13.2. The third-order valence-corrected chi connectivity index (χ3v) is 4.55. The van der Waals surface area contributed by atoms with Crippen molar-refractivity contribution < 1.29 is 0 Å². The minimum absolute atomic E-state index is 0.535. The van der Waals surface area contributed by atoms with Crippen molar-refractivity contribution in [2.24, 2.45) is 5.92 Å². The SMILES string of the molecule is CC1CCCC(n2cnc(-c3cccc(I)c3)n2)C1. The summed E-state index contributed by atoms with van der Waals surface area (Å²) in [6, 6.07) is 8.88. The first kappa shape index (κ1) is 13.1. The maximum atomic E-state index is 4.68. The topological polar surface area (TPSA) is 30.7 Å². The number of nitrogens with zero attached hydrogens (tertiary/aromatic N) is 3. The molecule has 1 fully saturated rings. The van der Waals surface area contributed by atoms with Gasteiger partial charge in [-0.2, -0.15) is 5.10 Å². The second-order valence-electron chi connectivity index (χ2n) is 5.48. The Bertz CT molecular complexity index is 564. The van der Waals surface area contributed by atoms with Gasteiger partial charge in [-0.15, -0.1) is 0 Å². The zero-order valence-corrected chi connectivity index (χ0v) is 13.2. The summed E-state index contributed by atoms with van der Waals surface area (Å²) >= 11 is 2.32. The first-order valence-corrected chi connectivity index (χ1v) is 7.97. The second kappa shape index (κ2) is 5.61. The van der Waals surface area contributed by atoms with Crippen LogP contribution in [0.4, 0.5) is 0 Å². The van der Waals surface area contributed by atoms with E-state index in [4.69, 9.17) is 0 Å². The summed E-state index contributed by atoms with van der Waals surface area (Å²) in [5.74, 6) is 1.65. The summed E-state index contributed by atoms with van der Waals surface area (Å²) in [6.45, 7) is 2.34. The molecule has 1 aromatic carbocycles. The molecule has 2 aromatic rings. The van der Waals surface area contributed by atoms with E-state index in [0.717, 1.165) is 17.3 Å². The number of rotatable bonds is 2. The number of aromatic nitrogens is 3. The van der Waals surface area contributed by atoms with Gasteiger partial charge in [0.2, 0.25) is 0 Å². The molecule has 19 heavy (non-hydrogen) atoms. The van der Waals surface area contributed by atoms with Crippen LogP contribution in [0.2, 0.25) is 0 Å². The lowest BCUT2D eigenvalue weighted by Gasteiger charge is -2.26. The Kier molecular flexibility index (Phi) is 3.86. The fourth-order valence-electron chi connectivity index (χ4n) is 2.85. The molecule has 0 N–H and O–H groups in total. The van der Waals surface area contributed by atoms with Crippen LogP contribution in [0.25, 0.3) is 11.4 Å². The molecule has 2 atom stereocenters. The molecule has 0 amide bonds. The molecule has 3 nitrogen and oxygen atoms in total. The van der Waals surface area contributed by atoms with Crippen molar-refractivity contribution in [3.8, 4) is 11.4 Å². The van der Waals surface area contributed by atoms with Gasteiger partial charge in [0, 0.05) is 9.13 Å². The molecule has 1 heterocycles. The lowest BCUT2D eigenvalue weighted by molar-refractivity contribution is 0.266. The van der Waals surface area contributed by atoms with Crippen LogP contribution >= 0.6 is 22.6 Å². The molecular formula is C15H18IN3. The van der Waals surface area contributed by atoms with Gasteiger partial charge >= 0.3 is 0 Å². The Hall–Kier alpha value is -0.910. The number of benzene rings is 1. The van der Waals surface area contributed by atoms with E-state index in [1.54, 1.807) is 0 Å². The number of hydrogen-bond acceptors (Lipinski definition) is 2. The van der Waals surface area contributed by atoms with E-state index in [2.05, 4.69) is 68.5 Å². The van der Waals surface area contributed by atoms with Crippen molar-refractivity contribution in [1.29, 1.82) is 0 Å². The van der Waals surface area contributed by atoms with Gasteiger partial charge in [0.15, 0.2) is 5.82 Å². The summed E-state index contributed by atoms with van der Waals surface area (Å²) in [5.41, 5.74) is 1.11. The van der Waals surface area contributed by atoms with Crippen molar-refractivity contribution in [2.45, 2.75) is 38.6 Å². The van der Waals surface area contributed by atoms with Crippen LogP contribution in [0.5, 0.6) is 0 Å². The van der Waals surface area contributed by atoms with E-state index in [-0.39, 0.29) is 0 Å². The minimum atomic E-state index is 0.535. The molecule has 1 aliphatic rings. The maximum Gasteiger partial charge on any atom is 0.181 e. The van der Waals surface area contributed by atoms with E-state index >= 15 is 0 Å². The van der Waals surface area contributed by atoms with Gasteiger partial charge in [0.25, 0.3) is 0 Å². The van der Waals surface area contributed by atoms with Crippen molar-refractivity contribution >= 4 is 22.6 Å². The standard InChI is InChI=1S/C15H18IN3/c1-11-4-2-7-14(8-11)19-10-17-15(18-19)12-5-3-6-13(16)9-12/h3,5-6,9-11,14H,2,4,7-8H2,1H3. The van der Waals surface area contributed by atoms with Gasteiger partial charge in [-0.1, -0.05) is 31.9 Å². The van der Waals surface area contributed by atoms with Crippen molar-refractivity contribution in [2.75, 3.05) is 0 Å². The Labute approximate surface area is 127 Å². The average Bonchev–Trinajstić information content (AvgIpc) is 2.88. The molecule has 1 aliphatic carbocycles. The van der Waals surface area contributed by atoms with Crippen LogP contribution < -0.4 is 0 Å². The van der Waals surface area contributed by atoms with Gasteiger partial charge in [0.05, 0.1) is 6.04 Å². The molecule has 2 unspecified atom stereocenters. The Morgan fingerprint density at radius 3 is 3.00 bits per heavy atom. The first-order chi connectivity index (χ1) is 9.22. The summed E-state index contributed by atoms with van der Waals surface area (Å²) in [5, 5.41) is 4.68. The van der Waals surface area contributed by atoms with Crippen molar-refractivity contribution in [3.05, 3.63) is 34.2 Å². The molecule has 0 bridgehead atoms. The van der Waals surface area contributed by atoms with E-state index in [0.29, 0.717) is 6.04 Å².